The van der Waals surface area contributed by atoms with Gasteiger partial charge in [-0.05, 0) is 24.3 Å². The van der Waals surface area contributed by atoms with Crippen molar-refractivity contribution in [1.29, 1.82) is 5.26 Å². The summed E-state index contributed by atoms with van der Waals surface area (Å²) in [5.41, 5.74) is -1.49. The second-order valence-electron chi connectivity index (χ2n) is 3.36. The summed E-state index contributed by atoms with van der Waals surface area (Å²) >= 11 is 5.34. The molecule has 1 aromatic carbocycles. The number of nitriles is 1. The van der Waals surface area contributed by atoms with Gasteiger partial charge < -0.3 is 0 Å². The van der Waals surface area contributed by atoms with Crippen molar-refractivity contribution in [3.63, 3.8) is 0 Å². The molecule has 0 amide bonds. The average Bonchev–Trinajstić information content (AvgIpc) is 2.37. The molecular weight excluding hydrogens is 261 g/mol. The minimum absolute atomic E-state index is 0.149. The predicted molar refractivity (Wildman–Crippen MR) is 62.3 cm³/mol. The molecule has 0 saturated carbocycles. The van der Waals surface area contributed by atoms with Crippen molar-refractivity contribution in [2.75, 3.05) is 0 Å². The number of hydrogen-bond donors (Lipinski definition) is 1. The van der Waals surface area contributed by atoms with Crippen LogP contribution in [0.3, 0.4) is 0 Å². The van der Waals surface area contributed by atoms with Crippen LogP contribution in [0.1, 0.15) is 5.56 Å². The third-order valence-electron chi connectivity index (χ3n) is 2.26. The molecule has 0 fully saturated rings. The maximum atomic E-state index is 13.3. The van der Waals surface area contributed by atoms with E-state index in [1.165, 1.54) is 24.3 Å². The fraction of sp³-hybridized carbons (Fsp3) is 0. The van der Waals surface area contributed by atoms with E-state index in [2.05, 4.69) is 0 Å². The zero-order chi connectivity index (χ0) is 13.3. The Balaban J connectivity index is 2.72. The molecule has 90 valence electrons. The normalized spacial score (nSPS) is 10.1. The topological polar surface area (TPSA) is 78.7 Å². The van der Waals surface area contributed by atoms with Gasteiger partial charge in [-0.3, -0.25) is 9.78 Å². The molecule has 1 N–H and O–H groups in total. The lowest BCUT2D eigenvalue weighted by Gasteiger charge is -2.04. The van der Waals surface area contributed by atoms with Gasteiger partial charge in [0.1, 0.15) is 0 Å². The van der Waals surface area contributed by atoms with Crippen LogP contribution in [0.15, 0.2) is 33.9 Å². The Morgan fingerprint density at radius 2 is 1.89 bits per heavy atom. The number of rotatable bonds is 1. The number of H-pyrrole nitrogens is 1. The summed E-state index contributed by atoms with van der Waals surface area (Å²) < 4.78 is 13.9. The van der Waals surface area contributed by atoms with Gasteiger partial charge >= 0.3 is 5.69 Å². The van der Waals surface area contributed by atoms with Gasteiger partial charge in [-0.2, -0.15) is 9.65 Å². The summed E-state index contributed by atoms with van der Waals surface area (Å²) in [6.45, 7) is 0. The van der Waals surface area contributed by atoms with E-state index >= 15 is 0 Å². The van der Waals surface area contributed by atoms with E-state index in [-0.39, 0.29) is 5.69 Å². The highest BCUT2D eigenvalue weighted by Crippen LogP contribution is 2.07. The van der Waals surface area contributed by atoms with Crippen LogP contribution < -0.4 is 11.2 Å². The summed E-state index contributed by atoms with van der Waals surface area (Å²) in [4.78, 5) is 25.2. The molecule has 0 aliphatic heterocycles. The van der Waals surface area contributed by atoms with Gasteiger partial charge in [0.15, 0.2) is 5.15 Å². The molecule has 0 spiro atoms. The fourth-order valence-corrected chi connectivity index (χ4v) is 1.57. The second kappa shape index (κ2) is 4.47. The highest BCUT2D eigenvalue weighted by atomic mass is 35.5. The van der Waals surface area contributed by atoms with E-state index < -0.39 is 22.2 Å². The average molecular weight is 266 g/mol. The minimum atomic E-state index is -1.24. The van der Waals surface area contributed by atoms with Crippen LogP contribution in [-0.2, 0) is 0 Å². The number of aromatic amines is 1. The van der Waals surface area contributed by atoms with Crippen molar-refractivity contribution in [1.82, 2.24) is 9.55 Å². The number of aromatic nitrogens is 2. The Labute approximate surface area is 105 Å². The maximum Gasteiger partial charge on any atom is 0.334 e. The number of nitrogens with one attached hydrogen (secondary N) is 1. The van der Waals surface area contributed by atoms with E-state index in [0.717, 1.165) is 0 Å². The second-order valence-corrected chi connectivity index (χ2v) is 3.74. The Morgan fingerprint density at radius 3 is 2.44 bits per heavy atom. The molecule has 5 nitrogen and oxygen atoms in total. The van der Waals surface area contributed by atoms with Crippen LogP contribution in [0, 0.1) is 17.1 Å². The monoisotopic (exact) mass is 265 g/mol. The molecule has 2 aromatic rings. The van der Waals surface area contributed by atoms with Crippen molar-refractivity contribution in [3.05, 3.63) is 61.6 Å². The molecule has 2 rings (SSSR count). The van der Waals surface area contributed by atoms with Gasteiger partial charge in [0, 0.05) is 0 Å². The van der Waals surface area contributed by atoms with Crippen molar-refractivity contribution < 1.29 is 4.39 Å². The molecule has 7 heteroatoms. The molecule has 0 saturated heterocycles. The summed E-state index contributed by atoms with van der Waals surface area (Å²) in [6, 6.07) is 7.43. The molecule has 18 heavy (non-hydrogen) atoms. The fourth-order valence-electron chi connectivity index (χ4n) is 1.41. The highest BCUT2D eigenvalue weighted by Gasteiger charge is 2.13. The van der Waals surface area contributed by atoms with Crippen LogP contribution in [0.5, 0.6) is 0 Å². The molecular formula is C11H5ClFN3O2. The number of benzene rings is 1. The third kappa shape index (κ3) is 1.92. The summed E-state index contributed by atoms with van der Waals surface area (Å²) in [7, 11) is 0. The molecule has 0 unspecified atom stereocenters. The first-order valence-electron chi connectivity index (χ1n) is 4.75. The highest BCUT2D eigenvalue weighted by molar-refractivity contribution is 6.29. The zero-order valence-corrected chi connectivity index (χ0v) is 9.53. The van der Waals surface area contributed by atoms with Gasteiger partial charge in [0.05, 0.1) is 17.3 Å². The van der Waals surface area contributed by atoms with Crippen LogP contribution in [0.25, 0.3) is 5.69 Å². The smallest absolute Gasteiger partial charge is 0.295 e. The van der Waals surface area contributed by atoms with Crippen LogP contribution in [0.2, 0.25) is 5.15 Å². The van der Waals surface area contributed by atoms with E-state index in [9.17, 15) is 14.0 Å². The van der Waals surface area contributed by atoms with Gasteiger partial charge in [-0.25, -0.2) is 9.36 Å². The summed E-state index contributed by atoms with van der Waals surface area (Å²) in [5.74, 6) is -1.24. The van der Waals surface area contributed by atoms with Crippen molar-refractivity contribution >= 4 is 11.6 Å². The molecule has 0 radical (unpaired) electrons. The lowest BCUT2D eigenvalue weighted by Crippen LogP contribution is -2.35. The Morgan fingerprint density at radius 1 is 1.28 bits per heavy atom. The first kappa shape index (κ1) is 12.1. The van der Waals surface area contributed by atoms with Crippen molar-refractivity contribution in [3.8, 4) is 11.8 Å². The third-order valence-corrected chi connectivity index (χ3v) is 2.52. The number of halogens is 2. The Kier molecular flexibility index (Phi) is 3.00. The molecule has 0 bridgehead atoms. The first-order valence-corrected chi connectivity index (χ1v) is 5.13. The van der Waals surface area contributed by atoms with Gasteiger partial charge in [0.25, 0.3) is 5.56 Å². The van der Waals surface area contributed by atoms with Crippen LogP contribution in [-0.4, -0.2) is 9.55 Å². The molecule has 0 aliphatic carbocycles. The van der Waals surface area contributed by atoms with Gasteiger partial charge in [0.2, 0.25) is 5.82 Å². The Bertz CT molecular complexity index is 756. The van der Waals surface area contributed by atoms with Crippen LogP contribution in [0.4, 0.5) is 4.39 Å². The van der Waals surface area contributed by atoms with Gasteiger partial charge in [-0.1, -0.05) is 11.6 Å². The minimum Gasteiger partial charge on any atom is -0.295 e. The lowest BCUT2D eigenvalue weighted by molar-refractivity contribution is 0.584. The largest absolute Gasteiger partial charge is 0.334 e. The van der Waals surface area contributed by atoms with Crippen molar-refractivity contribution in [2.45, 2.75) is 0 Å². The number of nitrogens with zero attached hydrogens (tertiary/aromatic N) is 2. The van der Waals surface area contributed by atoms with E-state index in [1.54, 1.807) is 0 Å². The molecule has 0 atom stereocenters. The molecule has 1 heterocycles. The first-order chi connectivity index (χ1) is 8.54. The SMILES string of the molecule is N#Cc1ccc(-n2c(=O)[nH]c(Cl)c(F)c2=O)cc1. The molecule has 1 aromatic heterocycles. The number of hydrogen-bond acceptors (Lipinski definition) is 3. The predicted octanol–water partition coefficient (Wildman–Crippen LogP) is 1.19. The summed E-state index contributed by atoms with van der Waals surface area (Å²) in [5, 5.41) is 8.00. The lowest BCUT2D eigenvalue weighted by atomic mass is 10.2. The Hall–Kier alpha value is -2.39. The van der Waals surface area contributed by atoms with Crippen molar-refractivity contribution in [2.24, 2.45) is 0 Å². The zero-order valence-electron chi connectivity index (χ0n) is 8.78. The van der Waals surface area contributed by atoms with E-state index in [1.807, 2.05) is 11.1 Å². The van der Waals surface area contributed by atoms with Gasteiger partial charge in [-0.15, -0.1) is 0 Å². The van der Waals surface area contributed by atoms with E-state index in [4.69, 9.17) is 16.9 Å². The van der Waals surface area contributed by atoms with Crippen LogP contribution >= 0.6 is 11.6 Å². The molecule has 0 aliphatic rings. The van der Waals surface area contributed by atoms with E-state index in [0.29, 0.717) is 10.1 Å². The quantitative estimate of drug-likeness (QED) is 0.787. The standard InChI is InChI=1S/C11H5ClFN3O2/c12-9-8(13)10(17)16(11(18)15-9)7-3-1-6(5-14)2-4-7/h1-4H,(H,15,18). The maximum absolute atomic E-state index is 13.3. The summed E-state index contributed by atoms with van der Waals surface area (Å²) in [6.07, 6.45) is 0.